The van der Waals surface area contributed by atoms with Crippen LogP contribution in [0.15, 0.2) is 35.2 Å². The van der Waals surface area contributed by atoms with Crippen molar-refractivity contribution in [3.05, 3.63) is 30.3 Å². The summed E-state index contributed by atoms with van der Waals surface area (Å²) < 4.78 is 41.9. The van der Waals surface area contributed by atoms with Crippen molar-refractivity contribution in [2.24, 2.45) is 5.92 Å². The molecule has 1 atom stereocenters. The number of esters is 1. The lowest BCUT2D eigenvalue weighted by Crippen LogP contribution is -2.26. The van der Waals surface area contributed by atoms with Crippen LogP contribution in [-0.2, 0) is 9.53 Å². The Morgan fingerprint density at radius 2 is 1.95 bits per heavy atom. The minimum absolute atomic E-state index is 0.0579. The molecule has 0 unspecified atom stereocenters. The second-order valence-corrected chi connectivity index (χ2v) is 4.99. The van der Waals surface area contributed by atoms with Gasteiger partial charge in [0.25, 0.3) is 0 Å². The molecule has 1 aromatic carbocycles. The number of alkyl halides is 3. The summed E-state index contributed by atoms with van der Waals surface area (Å²) in [5, 5.41) is 0. The van der Waals surface area contributed by atoms with E-state index in [1.807, 2.05) is 6.07 Å². The summed E-state index contributed by atoms with van der Waals surface area (Å²) in [6.45, 7) is 1.66. The van der Waals surface area contributed by atoms with Gasteiger partial charge in [0.2, 0.25) is 0 Å². The highest BCUT2D eigenvalue weighted by Gasteiger charge is 2.36. The average Bonchev–Trinajstić information content (AvgIpc) is 2.34. The predicted octanol–water partition coefficient (Wildman–Crippen LogP) is 3.91. The first kappa shape index (κ1) is 15.9. The maximum Gasteiger partial charge on any atom is 0.389 e. The van der Waals surface area contributed by atoms with E-state index in [9.17, 15) is 18.0 Å². The number of benzene rings is 1. The van der Waals surface area contributed by atoms with Gasteiger partial charge >= 0.3 is 12.1 Å². The molecule has 1 rings (SSSR count). The van der Waals surface area contributed by atoms with E-state index in [0.29, 0.717) is 0 Å². The lowest BCUT2D eigenvalue weighted by molar-refractivity contribution is -0.165. The standard InChI is InChI=1S/C13H15F3O2S/c1-2-18-12(17)10(8-13(14,15)16)9-19-11-6-4-3-5-7-11/h3-7,10H,2,8-9H2,1H3/t10-/m1/s1. The van der Waals surface area contributed by atoms with Gasteiger partial charge in [0.1, 0.15) is 0 Å². The van der Waals surface area contributed by atoms with E-state index in [4.69, 9.17) is 0 Å². The number of thioether (sulfide) groups is 1. The van der Waals surface area contributed by atoms with E-state index >= 15 is 0 Å². The Bertz CT molecular complexity index is 393. The third-order valence-corrected chi connectivity index (χ3v) is 3.47. The van der Waals surface area contributed by atoms with Crippen LogP contribution >= 0.6 is 11.8 Å². The molecule has 106 valence electrons. The van der Waals surface area contributed by atoms with Gasteiger partial charge < -0.3 is 4.74 Å². The molecule has 0 aliphatic carbocycles. The molecule has 0 heterocycles. The molecule has 6 heteroatoms. The van der Waals surface area contributed by atoms with Gasteiger partial charge in [-0.15, -0.1) is 11.8 Å². The topological polar surface area (TPSA) is 26.3 Å². The number of hydrogen-bond acceptors (Lipinski definition) is 3. The molecule has 0 aliphatic heterocycles. The third-order valence-electron chi connectivity index (χ3n) is 2.29. The third kappa shape index (κ3) is 6.52. The van der Waals surface area contributed by atoms with Gasteiger partial charge in [-0.3, -0.25) is 4.79 Å². The number of carbonyl (C=O) groups is 1. The van der Waals surface area contributed by atoms with Crippen molar-refractivity contribution in [2.45, 2.75) is 24.4 Å². The van der Waals surface area contributed by atoms with Crippen molar-refractivity contribution in [1.82, 2.24) is 0 Å². The maximum atomic E-state index is 12.4. The van der Waals surface area contributed by atoms with Crippen molar-refractivity contribution in [1.29, 1.82) is 0 Å². The zero-order chi connectivity index (χ0) is 14.3. The van der Waals surface area contributed by atoms with Gasteiger partial charge in [-0.2, -0.15) is 13.2 Å². The maximum absolute atomic E-state index is 12.4. The molecular weight excluding hydrogens is 277 g/mol. The summed E-state index contributed by atoms with van der Waals surface area (Å²) in [6, 6.07) is 9.00. The van der Waals surface area contributed by atoms with Crippen molar-refractivity contribution in [3.8, 4) is 0 Å². The van der Waals surface area contributed by atoms with Crippen LogP contribution in [-0.4, -0.2) is 24.5 Å². The Hall–Kier alpha value is -1.17. The van der Waals surface area contributed by atoms with E-state index in [2.05, 4.69) is 4.74 Å². The Morgan fingerprint density at radius 3 is 2.47 bits per heavy atom. The predicted molar refractivity (Wildman–Crippen MR) is 68.0 cm³/mol. The molecule has 0 bridgehead atoms. The number of halogens is 3. The molecule has 0 radical (unpaired) electrons. The summed E-state index contributed by atoms with van der Waals surface area (Å²) in [4.78, 5) is 12.3. The number of rotatable bonds is 6. The van der Waals surface area contributed by atoms with Crippen LogP contribution in [0, 0.1) is 5.92 Å². The molecule has 19 heavy (non-hydrogen) atoms. The summed E-state index contributed by atoms with van der Waals surface area (Å²) in [7, 11) is 0. The van der Waals surface area contributed by atoms with Crippen molar-refractivity contribution < 1.29 is 22.7 Å². The molecule has 0 spiro atoms. The van der Waals surface area contributed by atoms with Gasteiger partial charge in [-0.05, 0) is 19.1 Å². The van der Waals surface area contributed by atoms with Gasteiger partial charge in [-0.25, -0.2) is 0 Å². The lowest BCUT2D eigenvalue weighted by atomic mass is 10.1. The number of hydrogen-bond donors (Lipinski definition) is 0. The first-order valence-electron chi connectivity index (χ1n) is 5.83. The molecule has 0 saturated heterocycles. The van der Waals surface area contributed by atoms with E-state index in [1.165, 1.54) is 11.8 Å². The van der Waals surface area contributed by atoms with Crippen molar-refractivity contribution in [2.75, 3.05) is 12.4 Å². The molecule has 1 aromatic rings. The van der Waals surface area contributed by atoms with Gasteiger partial charge in [0.15, 0.2) is 0 Å². The molecule has 0 aromatic heterocycles. The van der Waals surface area contributed by atoms with Crippen LogP contribution in [0.5, 0.6) is 0 Å². The van der Waals surface area contributed by atoms with Crippen LogP contribution in [0.2, 0.25) is 0 Å². The molecule has 2 nitrogen and oxygen atoms in total. The fourth-order valence-corrected chi connectivity index (χ4v) is 2.46. The van der Waals surface area contributed by atoms with Gasteiger partial charge in [-0.1, -0.05) is 18.2 Å². The Balaban J connectivity index is 2.61. The highest BCUT2D eigenvalue weighted by atomic mass is 32.2. The zero-order valence-corrected chi connectivity index (χ0v) is 11.3. The summed E-state index contributed by atoms with van der Waals surface area (Å²) in [5.74, 6) is -1.89. The summed E-state index contributed by atoms with van der Waals surface area (Å²) in [6.07, 6.45) is -5.51. The van der Waals surface area contributed by atoms with E-state index < -0.39 is 24.5 Å². The largest absolute Gasteiger partial charge is 0.466 e. The Labute approximate surface area is 114 Å². The molecule has 0 fully saturated rings. The number of ether oxygens (including phenoxy) is 1. The molecular formula is C13H15F3O2S. The Kier molecular flexibility index (Phi) is 6.21. The monoisotopic (exact) mass is 292 g/mol. The number of carbonyl (C=O) groups excluding carboxylic acids is 1. The fourth-order valence-electron chi connectivity index (χ4n) is 1.46. The molecule has 0 N–H and O–H groups in total. The van der Waals surface area contributed by atoms with Crippen molar-refractivity contribution in [3.63, 3.8) is 0 Å². The van der Waals surface area contributed by atoms with E-state index in [1.54, 1.807) is 31.2 Å². The fraction of sp³-hybridized carbons (Fsp3) is 0.462. The Morgan fingerprint density at radius 1 is 1.32 bits per heavy atom. The van der Waals surface area contributed by atoms with E-state index in [0.717, 1.165) is 4.90 Å². The van der Waals surface area contributed by atoms with Gasteiger partial charge in [0.05, 0.1) is 18.9 Å². The second-order valence-electron chi connectivity index (χ2n) is 3.89. The van der Waals surface area contributed by atoms with Crippen LogP contribution in [0.1, 0.15) is 13.3 Å². The minimum Gasteiger partial charge on any atom is -0.466 e. The van der Waals surface area contributed by atoms with Crippen LogP contribution in [0.25, 0.3) is 0 Å². The first-order valence-corrected chi connectivity index (χ1v) is 6.82. The van der Waals surface area contributed by atoms with Gasteiger partial charge in [0, 0.05) is 10.6 Å². The summed E-state index contributed by atoms with van der Waals surface area (Å²) >= 11 is 1.22. The SMILES string of the molecule is CCOC(=O)[C@@H](CSc1ccccc1)CC(F)(F)F. The lowest BCUT2D eigenvalue weighted by Gasteiger charge is -2.16. The highest BCUT2D eigenvalue weighted by Crippen LogP contribution is 2.30. The minimum atomic E-state index is -4.37. The molecule has 0 saturated carbocycles. The average molecular weight is 292 g/mol. The quantitative estimate of drug-likeness (QED) is 0.587. The second kappa shape index (κ2) is 7.43. The smallest absolute Gasteiger partial charge is 0.389 e. The highest BCUT2D eigenvalue weighted by molar-refractivity contribution is 7.99. The van der Waals surface area contributed by atoms with Crippen LogP contribution < -0.4 is 0 Å². The molecule has 0 aliphatic rings. The molecule has 0 amide bonds. The normalized spacial score (nSPS) is 13.1. The zero-order valence-electron chi connectivity index (χ0n) is 10.4. The van der Waals surface area contributed by atoms with Crippen LogP contribution in [0.4, 0.5) is 13.2 Å². The van der Waals surface area contributed by atoms with Crippen LogP contribution in [0.3, 0.4) is 0 Å². The van der Waals surface area contributed by atoms with Crippen molar-refractivity contribution >= 4 is 17.7 Å². The van der Waals surface area contributed by atoms with E-state index in [-0.39, 0.29) is 12.4 Å². The summed E-state index contributed by atoms with van der Waals surface area (Å²) in [5.41, 5.74) is 0. The first-order chi connectivity index (χ1) is 8.92.